The Morgan fingerprint density at radius 2 is 0.757 bits per heavy atom. The van der Waals surface area contributed by atoms with E-state index < -0.39 is 0 Å². The number of carbonyl (C=O) groups is 4. The predicted octanol–water partition coefficient (Wildman–Crippen LogP) is 18.2. The van der Waals surface area contributed by atoms with Gasteiger partial charge in [-0.3, -0.25) is 61.5 Å². The maximum absolute atomic E-state index is 13.5. The first kappa shape index (κ1) is 99.4. The molecule has 772 valence electrons. The van der Waals surface area contributed by atoms with Crippen molar-refractivity contribution in [1.82, 2.24) is 93.9 Å². The lowest BCUT2D eigenvalue weighted by Gasteiger charge is -2.55. The quantitative estimate of drug-likeness (QED) is 0.0329. The third kappa shape index (κ3) is 19.4. The zero-order chi connectivity index (χ0) is 102. The van der Waals surface area contributed by atoms with E-state index >= 15 is 0 Å². The summed E-state index contributed by atoms with van der Waals surface area (Å²) >= 11 is 0. The first-order valence-corrected chi connectivity index (χ1v) is 54.6. The molecule has 3 aromatic carbocycles. The van der Waals surface area contributed by atoms with Crippen molar-refractivity contribution in [2.45, 2.75) is 283 Å². The number of anilines is 10. The van der Waals surface area contributed by atoms with Gasteiger partial charge in [0.25, 0.3) is 22.2 Å². The molecular weight excluding hydrogens is 1860 g/mol. The number of aryl methyl sites for hydroxylation is 5. The van der Waals surface area contributed by atoms with Crippen LogP contribution < -0.4 is 69.3 Å². The number of likely N-dealkylation sites (tertiary alicyclic amines) is 2. The molecule has 10 aromatic heterocycles. The van der Waals surface area contributed by atoms with Gasteiger partial charge in [0.2, 0.25) is 23.8 Å². The Kier molecular flexibility index (Phi) is 28.3. The molecule has 1 spiro atoms. The van der Waals surface area contributed by atoms with Gasteiger partial charge in [-0.1, -0.05) is 57.4 Å². The summed E-state index contributed by atoms with van der Waals surface area (Å²) in [6, 6.07) is 25.6. The van der Waals surface area contributed by atoms with Crippen LogP contribution in [0.5, 0.6) is 0 Å². The smallest absolute Gasteiger partial charge is 0.263 e. The molecule has 5 aliphatic carbocycles. The van der Waals surface area contributed by atoms with Crippen molar-refractivity contribution in [2.75, 3.05) is 117 Å². The largest absolute Gasteiger partial charge is 0.368 e. The predicted molar refractivity (Wildman–Crippen MR) is 583 cm³/mol. The molecule has 5 saturated heterocycles. The Morgan fingerprint density at radius 1 is 0.372 bits per heavy atom. The van der Waals surface area contributed by atoms with Gasteiger partial charge in [0, 0.05) is 161 Å². The summed E-state index contributed by atoms with van der Waals surface area (Å²) in [6.07, 6.45) is 39.1. The minimum Gasteiger partial charge on any atom is -0.368 e. The Labute approximate surface area is 861 Å². The lowest BCUT2D eigenvalue weighted by Crippen LogP contribution is -2.60. The fourth-order valence-corrected chi connectivity index (χ4v) is 26.8. The highest BCUT2D eigenvalue weighted by Crippen LogP contribution is 2.49. The molecule has 0 amide bonds. The van der Waals surface area contributed by atoms with Gasteiger partial charge in [-0.15, -0.1) is 0 Å². The van der Waals surface area contributed by atoms with Crippen LogP contribution in [0.2, 0.25) is 0 Å². The average Bonchev–Trinajstić information content (AvgIpc) is 0.828. The number of carbonyl (C=O) groups excluding carboxylic acids is 4. The molecule has 1 atom stereocenters. The molecule has 17 heterocycles. The van der Waals surface area contributed by atoms with Crippen molar-refractivity contribution >= 4 is 136 Å². The molecular formula is C115H139N25O8. The van der Waals surface area contributed by atoms with E-state index in [9.17, 15) is 38.4 Å². The molecule has 13 aromatic rings. The van der Waals surface area contributed by atoms with Crippen LogP contribution in [-0.2, 0) is 19.3 Å². The number of hydrogen-bond acceptors (Lipinski definition) is 28. The van der Waals surface area contributed by atoms with Crippen LogP contribution in [0.4, 0.5) is 58.0 Å². The van der Waals surface area contributed by atoms with Gasteiger partial charge in [-0.05, 0) is 353 Å². The van der Waals surface area contributed by atoms with Crippen molar-refractivity contribution < 1.29 is 19.2 Å². The van der Waals surface area contributed by atoms with E-state index in [2.05, 4.69) is 150 Å². The van der Waals surface area contributed by atoms with Gasteiger partial charge in [0.1, 0.15) is 28.4 Å². The van der Waals surface area contributed by atoms with Crippen LogP contribution in [0.1, 0.15) is 316 Å². The number of Topliss-reactive ketones (excluding diaryl/α,β-unsaturated/α-hetero) is 4. The van der Waals surface area contributed by atoms with Crippen molar-refractivity contribution in [2.24, 2.45) is 5.41 Å². The number of fused-ring (bicyclic) bond motifs is 8. The number of pyridine rings is 5. The van der Waals surface area contributed by atoms with E-state index in [1.54, 1.807) is 43.1 Å². The van der Waals surface area contributed by atoms with Gasteiger partial charge in [0.05, 0.1) is 33.6 Å². The van der Waals surface area contributed by atoms with Gasteiger partial charge >= 0.3 is 0 Å². The maximum Gasteiger partial charge on any atom is 0.263 e. The summed E-state index contributed by atoms with van der Waals surface area (Å²) in [5, 5.41) is 28.1. The molecule has 33 heteroatoms. The molecule has 12 aliphatic rings. The number of H-pyrrole nitrogens is 1. The molecule has 7 aliphatic heterocycles. The van der Waals surface area contributed by atoms with Gasteiger partial charge in [0.15, 0.2) is 23.1 Å². The number of aromatic nitrogens is 14. The number of aromatic amines is 1. The highest BCUT2D eigenvalue weighted by molar-refractivity contribution is 6.03. The first-order valence-electron chi connectivity index (χ1n) is 54.6. The monoisotopic (exact) mass is 2000 g/mol. The van der Waals surface area contributed by atoms with Crippen LogP contribution in [-0.4, -0.2) is 199 Å². The van der Waals surface area contributed by atoms with E-state index in [1.807, 2.05) is 39.8 Å². The Hall–Kier alpha value is -13.2. The number of piperidine rings is 4. The summed E-state index contributed by atoms with van der Waals surface area (Å²) in [5.74, 6) is 2.23. The van der Waals surface area contributed by atoms with E-state index in [-0.39, 0.29) is 91.8 Å². The van der Waals surface area contributed by atoms with Crippen LogP contribution in [0.15, 0.2) is 117 Å². The summed E-state index contributed by atoms with van der Waals surface area (Å²) in [6.45, 7) is 26.6. The second-order valence-electron chi connectivity index (χ2n) is 44.0. The van der Waals surface area contributed by atoms with Crippen LogP contribution in [0.3, 0.4) is 0 Å². The summed E-state index contributed by atoms with van der Waals surface area (Å²) in [5.41, 5.74) is 19.0. The van der Waals surface area contributed by atoms with E-state index in [0.717, 1.165) is 263 Å². The molecule has 9 fully saturated rings. The second kappa shape index (κ2) is 42.1. The Bertz CT molecular complexity index is 7400. The number of rotatable bonds is 20. The molecule has 8 N–H and O–H groups in total. The highest BCUT2D eigenvalue weighted by atomic mass is 16.2. The molecule has 4 saturated carbocycles. The number of ketones is 4. The summed E-state index contributed by atoms with van der Waals surface area (Å²) in [7, 11) is 2.19. The third-order valence-corrected chi connectivity index (χ3v) is 34.6. The molecule has 0 bridgehead atoms. The topological polar surface area (TPSA) is 385 Å². The second-order valence-corrected chi connectivity index (χ2v) is 44.0. The summed E-state index contributed by atoms with van der Waals surface area (Å²) in [4.78, 5) is 159. The summed E-state index contributed by atoms with van der Waals surface area (Å²) < 4.78 is 7.03. The SMILES string of the molecule is CC(=O)c1c(C)c2cnc(Nc3ccc4[nH]cc(C5CCN(C)CC5)c4c3)nc2n(C2CCCC2)c1=O.CC(=O)c1c(C)c2cnc(Nc3ccc4c(c3)CCC4N3CC4(CCNCC4)C3)nc2n(C2CCCC2)c1=O.CC(=O)c1c(C)c2cnc(Nc3ccc4c(c3)CCN4C3CCNCC3)nc2n(C2CCCC2)c1=O.CC(=O)c1c(C)c2cnc(Nc3ccc4c(n3)CCN4C3CCNCC3)nc2n(C2CCCC2)c1=O. The zero-order valence-electron chi connectivity index (χ0n) is 87.0. The highest BCUT2D eigenvalue weighted by Gasteiger charge is 2.48. The van der Waals surface area contributed by atoms with Crippen LogP contribution in [0.25, 0.3) is 55.0 Å². The fourth-order valence-electron chi connectivity index (χ4n) is 26.8. The molecule has 25 rings (SSSR count). The lowest BCUT2D eigenvalue weighted by molar-refractivity contribution is -0.0512. The van der Waals surface area contributed by atoms with Crippen molar-refractivity contribution in [3.8, 4) is 0 Å². The van der Waals surface area contributed by atoms with Gasteiger partial charge in [-0.25, -0.2) is 24.9 Å². The van der Waals surface area contributed by atoms with Crippen molar-refractivity contribution in [3.63, 3.8) is 0 Å². The van der Waals surface area contributed by atoms with Gasteiger partial charge < -0.3 is 56.9 Å². The lowest BCUT2D eigenvalue weighted by atomic mass is 9.71. The standard InChI is InChI=1S/C31H38N6O2.C29H34N6O2.C28H34N6O2.C27H33N7O2/c1-19-25-16-33-30(35-28(25)37(23-5-3-4-6-23)29(39)27(19)20(2)38)34-22-8-9-24-21(15-22)7-10-26(24)36-17-31(18-36)11-13-32-14-12-31;1-17-23-15-31-29(33-27(23)35(21-6-4-5-7-21)28(37)26(17)18(2)36)32-20-8-9-25-22(14-20)24(16-30-25)19-10-12-34(3)13-11-19;1-17-23-16-30-28(32-26(23)34(22-5-3-4-6-22)27(36)25(17)18(2)35)31-20-7-8-24-19(15-20)11-14-33(24)21-9-12-29-13-10-21;1-16-20-15-29-27(32-25(20)34(19-5-3-4-6-19)26(36)24(16)17(2)35)31-23-8-7-22-21(30-23)11-14-33(22)18-9-12-28-13-10-18/h8-9,15-16,23,26,32H,3-7,10-14,17-18H2,1-2H3,(H,33,34,35);8-9,14-16,19,21,30H,4-7,10-13H2,1-3H3,(H,31,32,33);7-8,15-16,21-22,29H,3-6,9-14H2,1-2H3,(H,30,31,32);7-8,15,18-19,28H,3-6,9-14H2,1-2H3,(H,29,30,31,32). The molecule has 1 unspecified atom stereocenters. The minimum absolute atomic E-state index is 0.0561. The van der Waals surface area contributed by atoms with E-state index in [1.165, 1.54) is 112 Å². The molecule has 148 heavy (non-hydrogen) atoms. The van der Waals surface area contributed by atoms with Crippen molar-refractivity contribution in [1.29, 1.82) is 0 Å². The average molecular weight is 2000 g/mol. The van der Waals surface area contributed by atoms with E-state index in [4.69, 9.17) is 24.9 Å². The first-order chi connectivity index (χ1) is 71.8. The normalized spacial score (nSPS) is 19.5. The minimum atomic E-state index is -0.238. The molecule has 0 radical (unpaired) electrons. The van der Waals surface area contributed by atoms with Gasteiger partial charge in [-0.2, -0.15) is 19.9 Å². The Balaban J connectivity index is 0.000000112. The van der Waals surface area contributed by atoms with Crippen LogP contribution in [0, 0.1) is 33.1 Å². The number of benzene rings is 3. The molecule has 33 nitrogen and oxygen atoms in total. The number of hydrogen-bond donors (Lipinski definition) is 8. The zero-order valence-corrected chi connectivity index (χ0v) is 87.0. The Morgan fingerprint density at radius 3 is 1.20 bits per heavy atom. The van der Waals surface area contributed by atoms with Crippen LogP contribution >= 0.6 is 0 Å². The number of nitrogens with one attached hydrogen (secondary N) is 8. The maximum atomic E-state index is 13.5. The van der Waals surface area contributed by atoms with E-state index in [0.29, 0.717) is 104 Å². The fraction of sp³-hybridized carbons (Fsp3) is 0.504. The van der Waals surface area contributed by atoms with Crippen molar-refractivity contribution in [3.05, 3.63) is 212 Å². The third-order valence-electron chi connectivity index (χ3n) is 34.6. The number of nitrogens with zero attached hydrogens (tertiary/aromatic N) is 17.